The first kappa shape index (κ1) is 12.7. The zero-order valence-corrected chi connectivity index (χ0v) is 9.11. The molecule has 5 heteroatoms. The van der Waals surface area contributed by atoms with Gasteiger partial charge in [-0.15, -0.1) is 0 Å². The van der Waals surface area contributed by atoms with Crippen LogP contribution < -0.4 is 0 Å². The Morgan fingerprint density at radius 2 is 2.24 bits per heavy atom. The molecule has 4 nitrogen and oxygen atoms in total. The van der Waals surface area contributed by atoms with E-state index in [2.05, 4.69) is 0 Å². The zero-order valence-electron chi connectivity index (χ0n) is 9.11. The lowest BCUT2D eigenvalue weighted by Crippen LogP contribution is -2.11. The number of halogens is 1. The van der Waals surface area contributed by atoms with Crippen LogP contribution in [0.5, 0.6) is 0 Å². The molecule has 0 heterocycles. The van der Waals surface area contributed by atoms with E-state index in [1.165, 1.54) is 19.1 Å². The number of hydrogen-bond donors (Lipinski definition) is 0. The number of carbonyl (C=O) groups is 1. The Balaban J connectivity index is 3.05. The summed E-state index contributed by atoms with van der Waals surface area (Å²) < 4.78 is 18.0. The highest BCUT2D eigenvalue weighted by molar-refractivity contribution is 5.66. The minimum absolute atomic E-state index is 0.189. The van der Waals surface area contributed by atoms with Crippen LogP contribution in [-0.4, -0.2) is 12.6 Å². The van der Waals surface area contributed by atoms with Crippen LogP contribution in [0, 0.1) is 28.5 Å². The van der Waals surface area contributed by atoms with Crippen LogP contribution in [0.4, 0.5) is 4.39 Å². The van der Waals surface area contributed by atoms with Crippen molar-refractivity contribution in [1.82, 2.24) is 0 Å². The number of ether oxygens (including phenoxy) is 1. The molecule has 0 aliphatic rings. The van der Waals surface area contributed by atoms with E-state index < -0.39 is 17.7 Å². The fourth-order valence-corrected chi connectivity index (χ4v) is 1.35. The molecule has 1 aromatic rings. The van der Waals surface area contributed by atoms with Gasteiger partial charge in [0.2, 0.25) is 0 Å². The third kappa shape index (κ3) is 3.02. The van der Waals surface area contributed by atoms with Crippen molar-refractivity contribution in [1.29, 1.82) is 10.5 Å². The highest BCUT2D eigenvalue weighted by atomic mass is 19.1. The third-order valence-electron chi connectivity index (χ3n) is 2.14. The van der Waals surface area contributed by atoms with Crippen LogP contribution in [0.2, 0.25) is 0 Å². The van der Waals surface area contributed by atoms with Gasteiger partial charge in [-0.1, -0.05) is 12.1 Å². The number of benzene rings is 1. The van der Waals surface area contributed by atoms with Crippen molar-refractivity contribution in [2.75, 3.05) is 6.61 Å². The largest absolute Gasteiger partial charge is 0.464 e. The molecule has 0 aliphatic carbocycles. The second-order valence-electron chi connectivity index (χ2n) is 3.30. The zero-order chi connectivity index (χ0) is 12.8. The summed E-state index contributed by atoms with van der Waals surface area (Å²) in [5.74, 6) is -2.06. The number of hydrogen-bond acceptors (Lipinski definition) is 4. The van der Waals surface area contributed by atoms with E-state index in [0.717, 1.165) is 6.07 Å². The van der Waals surface area contributed by atoms with E-state index in [1.807, 2.05) is 6.07 Å². The fraction of sp³-hybridized carbons (Fsp3) is 0.250. The van der Waals surface area contributed by atoms with Gasteiger partial charge in [0.25, 0.3) is 0 Å². The molecule has 17 heavy (non-hydrogen) atoms. The molecule has 1 unspecified atom stereocenters. The highest BCUT2D eigenvalue weighted by Gasteiger charge is 2.18. The van der Waals surface area contributed by atoms with E-state index in [-0.39, 0.29) is 17.7 Å². The van der Waals surface area contributed by atoms with Crippen molar-refractivity contribution in [3.63, 3.8) is 0 Å². The van der Waals surface area contributed by atoms with Crippen molar-refractivity contribution in [2.24, 2.45) is 0 Å². The molecule has 0 radical (unpaired) electrons. The molecular weight excluding hydrogens is 223 g/mol. The number of carbonyl (C=O) groups excluding carboxylic acids is 1. The number of rotatable bonds is 3. The molecular formula is C12H9FN2O2. The Bertz CT molecular complexity index is 514. The van der Waals surface area contributed by atoms with E-state index in [4.69, 9.17) is 15.3 Å². The smallest absolute Gasteiger partial charge is 0.302 e. The van der Waals surface area contributed by atoms with Crippen LogP contribution in [0.15, 0.2) is 18.2 Å². The van der Waals surface area contributed by atoms with Crippen molar-refractivity contribution in [2.45, 2.75) is 12.8 Å². The van der Waals surface area contributed by atoms with E-state index >= 15 is 0 Å². The molecule has 86 valence electrons. The summed E-state index contributed by atoms with van der Waals surface area (Å²) in [4.78, 5) is 10.6. The maximum atomic E-state index is 13.3. The van der Waals surface area contributed by atoms with Gasteiger partial charge in [0.05, 0.1) is 11.6 Å². The van der Waals surface area contributed by atoms with Crippen LogP contribution in [0.25, 0.3) is 0 Å². The van der Waals surface area contributed by atoms with Gasteiger partial charge in [0.1, 0.15) is 24.4 Å². The summed E-state index contributed by atoms with van der Waals surface area (Å²) in [6, 6.07) is 7.60. The molecule has 0 saturated heterocycles. The van der Waals surface area contributed by atoms with Gasteiger partial charge in [-0.05, 0) is 11.6 Å². The standard InChI is InChI=1S/C12H9FN2O2/c1-8(16)17-7-9(5-14)10-3-2-4-12(13)11(10)6-15/h2-4,9H,7H2,1H3. The fourth-order valence-electron chi connectivity index (χ4n) is 1.35. The van der Waals surface area contributed by atoms with Gasteiger partial charge in [-0.2, -0.15) is 10.5 Å². The molecule has 0 aliphatic heterocycles. The topological polar surface area (TPSA) is 73.9 Å². The van der Waals surface area contributed by atoms with E-state index in [0.29, 0.717) is 0 Å². The van der Waals surface area contributed by atoms with Gasteiger partial charge < -0.3 is 4.74 Å². The SMILES string of the molecule is CC(=O)OCC(C#N)c1cccc(F)c1C#N. The van der Waals surface area contributed by atoms with Gasteiger partial charge in [-0.3, -0.25) is 4.79 Å². The molecule has 0 bridgehead atoms. The lowest BCUT2D eigenvalue weighted by molar-refractivity contribution is -0.141. The molecule has 0 amide bonds. The maximum Gasteiger partial charge on any atom is 0.302 e. The molecule has 1 rings (SSSR count). The summed E-state index contributed by atoms with van der Waals surface area (Å²) >= 11 is 0. The number of nitriles is 2. The van der Waals surface area contributed by atoms with Gasteiger partial charge in [-0.25, -0.2) is 4.39 Å². The molecule has 1 aromatic carbocycles. The highest BCUT2D eigenvalue weighted by Crippen LogP contribution is 2.22. The third-order valence-corrected chi connectivity index (χ3v) is 2.14. The Morgan fingerprint density at radius 3 is 2.76 bits per heavy atom. The summed E-state index contributed by atoms with van der Waals surface area (Å²) in [6.07, 6.45) is 0. The average molecular weight is 232 g/mol. The van der Waals surface area contributed by atoms with Crippen molar-refractivity contribution >= 4 is 5.97 Å². The van der Waals surface area contributed by atoms with Crippen molar-refractivity contribution < 1.29 is 13.9 Å². The number of esters is 1. The first-order valence-corrected chi connectivity index (χ1v) is 4.81. The minimum Gasteiger partial charge on any atom is -0.464 e. The summed E-state index contributed by atoms with van der Waals surface area (Å²) in [6.45, 7) is 1.02. The molecule has 1 atom stereocenters. The van der Waals surface area contributed by atoms with Gasteiger partial charge >= 0.3 is 5.97 Å². The second kappa shape index (κ2) is 5.62. The Hall–Kier alpha value is -2.40. The van der Waals surface area contributed by atoms with Crippen LogP contribution in [0.1, 0.15) is 24.0 Å². The summed E-state index contributed by atoms with van der Waals surface area (Å²) in [7, 11) is 0. The lowest BCUT2D eigenvalue weighted by atomic mass is 9.96. The molecule has 0 aromatic heterocycles. The van der Waals surface area contributed by atoms with Crippen LogP contribution in [-0.2, 0) is 9.53 Å². The normalized spacial score (nSPS) is 11.1. The van der Waals surface area contributed by atoms with Crippen molar-refractivity contribution in [3.8, 4) is 12.1 Å². The average Bonchev–Trinajstić information content (AvgIpc) is 2.29. The predicted octanol–water partition coefficient (Wildman–Crippen LogP) is 1.87. The van der Waals surface area contributed by atoms with Crippen molar-refractivity contribution in [3.05, 3.63) is 35.1 Å². The lowest BCUT2D eigenvalue weighted by Gasteiger charge is -2.11. The first-order valence-electron chi connectivity index (χ1n) is 4.81. The van der Waals surface area contributed by atoms with E-state index in [1.54, 1.807) is 6.07 Å². The quantitative estimate of drug-likeness (QED) is 0.745. The Morgan fingerprint density at radius 1 is 1.53 bits per heavy atom. The number of nitrogens with zero attached hydrogens (tertiary/aromatic N) is 2. The van der Waals surface area contributed by atoms with Gasteiger partial charge in [0, 0.05) is 6.92 Å². The molecule has 0 saturated carbocycles. The predicted molar refractivity (Wildman–Crippen MR) is 56.1 cm³/mol. The first-order chi connectivity index (χ1) is 8.10. The molecule has 0 fully saturated rings. The van der Waals surface area contributed by atoms with Gasteiger partial charge in [0.15, 0.2) is 0 Å². The Labute approximate surface area is 97.8 Å². The minimum atomic E-state index is -0.843. The Kier molecular flexibility index (Phi) is 4.19. The summed E-state index contributed by atoms with van der Waals surface area (Å²) in [5.41, 5.74) is 0.0439. The summed E-state index contributed by atoms with van der Waals surface area (Å²) in [5, 5.41) is 17.7. The molecule has 0 N–H and O–H groups in total. The second-order valence-corrected chi connectivity index (χ2v) is 3.30. The van der Waals surface area contributed by atoms with E-state index in [9.17, 15) is 9.18 Å². The molecule has 0 spiro atoms. The monoisotopic (exact) mass is 232 g/mol. The van der Waals surface area contributed by atoms with Crippen LogP contribution in [0.3, 0.4) is 0 Å². The van der Waals surface area contributed by atoms with Crippen LogP contribution >= 0.6 is 0 Å². The maximum absolute atomic E-state index is 13.3.